The van der Waals surface area contributed by atoms with Gasteiger partial charge in [0, 0.05) is 0 Å². The molecule has 0 aromatic heterocycles. The highest BCUT2D eigenvalue weighted by Crippen LogP contribution is 2.24. The summed E-state index contributed by atoms with van der Waals surface area (Å²) in [6, 6.07) is 15.0. The summed E-state index contributed by atoms with van der Waals surface area (Å²) in [4.78, 5) is 0. The molecule has 2 aliphatic rings. The minimum Gasteiger partial charge on any atom is -0.155 e. The van der Waals surface area contributed by atoms with Gasteiger partial charge in [-0.1, -0.05) is 54.6 Å². The molecule has 0 radical (unpaired) electrons. The molecule has 4 rings (SSSR count). The average Bonchev–Trinajstić information content (AvgIpc) is 2.95. The van der Waals surface area contributed by atoms with E-state index < -0.39 is 0 Å². The molecule has 1 heterocycles. The zero-order valence-electron chi connectivity index (χ0n) is 10.9. The zero-order chi connectivity index (χ0) is 13.4. The highest BCUT2D eigenvalue weighted by molar-refractivity contribution is 6.03. The fourth-order valence-corrected chi connectivity index (χ4v) is 2.73. The van der Waals surface area contributed by atoms with E-state index in [0.717, 1.165) is 12.1 Å². The molecule has 0 spiro atoms. The third kappa shape index (κ3) is 1.88. The number of fused-ring (bicyclic) bond motifs is 2. The Balaban J connectivity index is 1.70. The molecule has 1 aliphatic carbocycles. The molecule has 0 bridgehead atoms. The molecule has 2 aromatic carbocycles. The summed E-state index contributed by atoms with van der Waals surface area (Å²) >= 11 is 0. The number of allylic oxidation sites excluding steroid dienone is 2. The van der Waals surface area contributed by atoms with Crippen LogP contribution in [0.5, 0.6) is 0 Å². The van der Waals surface area contributed by atoms with Crippen molar-refractivity contribution in [2.24, 2.45) is 15.4 Å². The van der Waals surface area contributed by atoms with Crippen LogP contribution in [0.3, 0.4) is 0 Å². The maximum absolute atomic E-state index is 4.06. The first-order valence-electron chi connectivity index (χ1n) is 6.73. The Labute approximate surface area is 117 Å². The number of benzene rings is 2. The minimum absolute atomic E-state index is 0.0336. The molecule has 0 saturated carbocycles. The van der Waals surface area contributed by atoms with Crippen molar-refractivity contribution in [3.8, 4) is 0 Å². The summed E-state index contributed by atoms with van der Waals surface area (Å²) in [5, 5.41) is 14.4. The molecule has 1 aliphatic heterocycles. The van der Waals surface area contributed by atoms with Crippen LogP contribution in [0, 0.1) is 0 Å². The van der Waals surface area contributed by atoms with E-state index in [9.17, 15) is 0 Å². The van der Waals surface area contributed by atoms with Gasteiger partial charge < -0.3 is 0 Å². The first-order chi connectivity index (χ1) is 9.90. The second kappa shape index (κ2) is 4.53. The van der Waals surface area contributed by atoms with Crippen LogP contribution in [0.4, 0.5) is 0 Å². The van der Waals surface area contributed by atoms with Crippen LogP contribution in [-0.4, -0.2) is 11.8 Å². The topological polar surface area (TPSA) is 37.1 Å². The Morgan fingerprint density at radius 2 is 1.90 bits per heavy atom. The van der Waals surface area contributed by atoms with Gasteiger partial charge in [-0.3, -0.25) is 0 Å². The van der Waals surface area contributed by atoms with Crippen LogP contribution in [-0.2, 0) is 6.42 Å². The van der Waals surface area contributed by atoms with Crippen LogP contribution in [0.15, 0.2) is 81.7 Å². The standard InChI is InChI=1S/C17H13N3/c1-2-7-15-13(4-1)5-3-6-14(15)10-12-8-9-16-17(11-12)19-20-18-16/h1-9,11,16H,10H2. The molecule has 20 heavy (non-hydrogen) atoms. The maximum Gasteiger partial charge on any atom is 0.135 e. The number of nitrogens with zero attached hydrogens (tertiary/aromatic N) is 3. The Bertz CT molecular complexity index is 791. The van der Waals surface area contributed by atoms with Gasteiger partial charge in [-0.25, -0.2) is 0 Å². The summed E-state index contributed by atoms with van der Waals surface area (Å²) in [5.74, 6) is 0. The molecule has 0 fully saturated rings. The first-order valence-corrected chi connectivity index (χ1v) is 6.73. The van der Waals surface area contributed by atoms with Crippen LogP contribution in [0.2, 0.25) is 0 Å². The van der Waals surface area contributed by atoms with Gasteiger partial charge in [-0.05, 0) is 39.6 Å². The molecular formula is C17H13N3. The van der Waals surface area contributed by atoms with E-state index in [-0.39, 0.29) is 6.04 Å². The van der Waals surface area contributed by atoms with Crippen LogP contribution < -0.4 is 0 Å². The lowest BCUT2D eigenvalue weighted by Crippen LogP contribution is -2.14. The second-order valence-electron chi connectivity index (χ2n) is 5.07. The molecule has 2 aromatic rings. The molecule has 0 amide bonds. The van der Waals surface area contributed by atoms with E-state index in [2.05, 4.69) is 76.1 Å². The van der Waals surface area contributed by atoms with Crippen molar-refractivity contribution in [3.05, 3.63) is 71.8 Å². The van der Waals surface area contributed by atoms with Crippen molar-refractivity contribution in [2.45, 2.75) is 12.5 Å². The van der Waals surface area contributed by atoms with E-state index in [1.54, 1.807) is 0 Å². The molecule has 1 atom stereocenters. The normalized spacial score (nSPS) is 19.9. The summed E-state index contributed by atoms with van der Waals surface area (Å²) in [7, 11) is 0. The zero-order valence-corrected chi connectivity index (χ0v) is 10.9. The van der Waals surface area contributed by atoms with Crippen molar-refractivity contribution in [3.63, 3.8) is 0 Å². The third-order valence-corrected chi connectivity index (χ3v) is 3.74. The van der Waals surface area contributed by atoms with E-state index >= 15 is 0 Å². The van der Waals surface area contributed by atoms with E-state index in [0.29, 0.717) is 0 Å². The third-order valence-electron chi connectivity index (χ3n) is 3.74. The van der Waals surface area contributed by atoms with Crippen LogP contribution >= 0.6 is 0 Å². The largest absolute Gasteiger partial charge is 0.155 e. The lowest BCUT2D eigenvalue weighted by molar-refractivity contribution is 0.970. The van der Waals surface area contributed by atoms with Gasteiger partial charge in [-0.15, -0.1) is 5.10 Å². The van der Waals surface area contributed by atoms with Crippen molar-refractivity contribution in [2.75, 3.05) is 0 Å². The lowest BCUT2D eigenvalue weighted by Gasteiger charge is -2.12. The second-order valence-corrected chi connectivity index (χ2v) is 5.07. The highest BCUT2D eigenvalue weighted by atomic mass is 15.4. The molecule has 3 heteroatoms. The van der Waals surface area contributed by atoms with Crippen LogP contribution in [0.1, 0.15) is 5.56 Å². The smallest absolute Gasteiger partial charge is 0.135 e. The van der Waals surface area contributed by atoms with Gasteiger partial charge in [0.25, 0.3) is 0 Å². The number of hydrogen-bond acceptors (Lipinski definition) is 3. The van der Waals surface area contributed by atoms with Crippen molar-refractivity contribution in [1.82, 2.24) is 0 Å². The number of hydrogen-bond donors (Lipinski definition) is 0. The summed E-state index contributed by atoms with van der Waals surface area (Å²) in [6.07, 6.45) is 7.21. The summed E-state index contributed by atoms with van der Waals surface area (Å²) in [5.41, 5.74) is 3.54. The van der Waals surface area contributed by atoms with Crippen molar-refractivity contribution in [1.29, 1.82) is 0 Å². The first kappa shape index (κ1) is 11.3. The Morgan fingerprint density at radius 1 is 1.00 bits per heavy atom. The van der Waals surface area contributed by atoms with Crippen LogP contribution in [0.25, 0.3) is 10.8 Å². The monoisotopic (exact) mass is 259 g/mol. The molecule has 0 saturated heterocycles. The van der Waals surface area contributed by atoms with Gasteiger partial charge in [0.05, 0.1) is 5.71 Å². The Morgan fingerprint density at radius 3 is 2.90 bits per heavy atom. The molecule has 3 nitrogen and oxygen atoms in total. The van der Waals surface area contributed by atoms with Crippen molar-refractivity contribution >= 4 is 16.5 Å². The summed E-state index contributed by atoms with van der Waals surface area (Å²) in [6.45, 7) is 0. The SMILES string of the molecule is C1=CC2N=NN=C2C=C1Cc1cccc2ccccc12. The van der Waals surface area contributed by atoms with Gasteiger partial charge in [-0.2, -0.15) is 5.11 Å². The van der Waals surface area contributed by atoms with Crippen molar-refractivity contribution < 1.29 is 0 Å². The Hall–Kier alpha value is -2.55. The molecule has 1 unspecified atom stereocenters. The van der Waals surface area contributed by atoms with E-state index in [1.165, 1.54) is 21.9 Å². The quantitative estimate of drug-likeness (QED) is 0.779. The highest BCUT2D eigenvalue weighted by Gasteiger charge is 2.19. The van der Waals surface area contributed by atoms with E-state index in [4.69, 9.17) is 0 Å². The summed E-state index contributed by atoms with van der Waals surface area (Å²) < 4.78 is 0. The Kier molecular flexibility index (Phi) is 2.56. The fourth-order valence-electron chi connectivity index (χ4n) is 2.73. The van der Waals surface area contributed by atoms with E-state index in [1.807, 2.05) is 0 Å². The molecule has 96 valence electrons. The van der Waals surface area contributed by atoms with Gasteiger partial charge >= 0.3 is 0 Å². The average molecular weight is 259 g/mol. The number of rotatable bonds is 2. The van der Waals surface area contributed by atoms with Gasteiger partial charge in [0.2, 0.25) is 0 Å². The predicted octanol–water partition coefficient (Wildman–Crippen LogP) is 4.07. The fraction of sp³-hybridized carbons (Fsp3) is 0.118. The van der Waals surface area contributed by atoms with Gasteiger partial charge in [0.1, 0.15) is 6.04 Å². The van der Waals surface area contributed by atoms with Gasteiger partial charge in [0.15, 0.2) is 0 Å². The maximum atomic E-state index is 4.06. The predicted molar refractivity (Wildman–Crippen MR) is 81.0 cm³/mol. The minimum atomic E-state index is 0.0336. The molecular weight excluding hydrogens is 246 g/mol. The molecule has 0 N–H and O–H groups in total. The lowest BCUT2D eigenvalue weighted by atomic mass is 9.94.